The number of carbonyl (C=O) groups excluding carboxylic acids is 4. The van der Waals surface area contributed by atoms with Crippen molar-refractivity contribution in [2.75, 3.05) is 39.6 Å². The summed E-state index contributed by atoms with van der Waals surface area (Å²) in [5, 5.41) is 10.6. The van der Waals surface area contributed by atoms with E-state index in [1.165, 1.54) is 225 Å². The Morgan fingerprint density at radius 1 is 0.299 bits per heavy atom. The van der Waals surface area contributed by atoms with Gasteiger partial charge in [-0.25, -0.2) is 9.13 Å². The zero-order valence-electron chi connectivity index (χ0n) is 63.4. The van der Waals surface area contributed by atoms with Gasteiger partial charge in [-0.3, -0.25) is 37.3 Å². The standard InChI is InChI=1S/C78H152O17P2/c1-7-10-12-14-16-18-20-22-24-25-27-29-31-36-44-50-56-62-77(82)94-73(66-88-75(80)60-54-48-42-35-30-28-26-23-21-19-17-15-13-11-8-2)68-92-96(84,85)90-64-72(79)65-91-97(86,87)93-69-74(67-89-76(81)61-55-49-43-39-38-41-47-53-59-71(6)9-3)95-78(83)63-57-51-45-37-33-32-34-40-46-52-58-70(4)5/h70-74,79H,7-69H2,1-6H3,(H,84,85)(H,86,87)/t71?,72-,73-,74-/m1/s1. The van der Waals surface area contributed by atoms with Crippen LogP contribution in [0.3, 0.4) is 0 Å². The minimum absolute atomic E-state index is 0.106. The molecule has 0 aliphatic rings. The zero-order chi connectivity index (χ0) is 71.4. The minimum atomic E-state index is -4.96. The SMILES string of the molecule is CCCCCCCCCCCCCCCCCCCC(=O)O[C@H](COC(=O)CCCCCCCCCCCCCCCCC)COP(=O)(O)OC[C@@H](O)COP(=O)(O)OC[C@@H](COC(=O)CCCCCCCCCCC(C)CC)OC(=O)CCCCCCCCCCCCC(C)C. The van der Waals surface area contributed by atoms with Crippen LogP contribution in [0.1, 0.15) is 408 Å². The molecule has 3 unspecified atom stereocenters. The maximum atomic E-state index is 13.1. The molecule has 0 heterocycles. The van der Waals surface area contributed by atoms with Gasteiger partial charge in [0.1, 0.15) is 19.3 Å². The molecule has 0 saturated heterocycles. The molecule has 0 aromatic carbocycles. The Morgan fingerprint density at radius 3 is 0.784 bits per heavy atom. The molecule has 97 heavy (non-hydrogen) atoms. The normalized spacial score (nSPS) is 14.2. The summed E-state index contributed by atoms with van der Waals surface area (Å²) in [6.07, 6.45) is 58.1. The summed E-state index contributed by atoms with van der Waals surface area (Å²) in [5.41, 5.74) is 0. The number of esters is 4. The molecule has 576 valence electrons. The monoisotopic (exact) mass is 1420 g/mol. The number of aliphatic hydroxyl groups excluding tert-OH is 1. The second-order valence-corrected chi connectivity index (χ2v) is 31.7. The van der Waals surface area contributed by atoms with Crippen molar-refractivity contribution in [3.8, 4) is 0 Å². The smallest absolute Gasteiger partial charge is 0.462 e. The second-order valence-electron chi connectivity index (χ2n) is 28.8. The molecule has 17 nitrogen and oxygen atoms in total. The zero-order valence-corrected chi connectivity index (χ0v) is 65.2. The van der Waals surface area contributed by atoms with Crippen molar-refractivity contribution in [3.63, 3.8) is 0 Å². The van der Waals surface area contributed by atoms with E-state index >= 15 is 0 Å². The van der Waals surface area contributed by atoms with E-state index in [0.29, 0.717) is 25.7 Å². The topological polar surface area (TPSA) is 237 Å². The van der Waals surface area contributed by atoms with Crippen LogP contribution in [0.25, 0.3) is 0 Å². The number of carbonyl (C=O) groups is 4. The molecule has 0 radical (unpaired) electrons. The lowest BCUT2D eigenvalue weighted by Crippen LogP contribution is -2.30. The number of phosphoric ester groups is 2. The van der Waals surface area contributed by atoms with E-state index in [-0.39, 0.29) is 25.7 Å². The van der Waals surface area contributed by atoms with Crippen LogP contribution in [-0.2, 0) is 65.4 Å². The van der Waals surface area contributed by atoms with Gasteiger partial charge in [0.05, 0.1) is 26.4 Å². The van der Waals surface area contributed by atoms with Crippen LogP contribution in [0.15, 0.2) is 0 Å². The minimum Gasteiger partial charge on any atom is -0.462 e. The highest BCUT2D eigenvalue weighted by molar-refractivity contribution is 7.47. The van der Waals surface area contributed by atoms with Crippen molar-refractivity contribution < 1.29 is 80.2 Å². The van der Waals surface area contributed by atoms with E-state index in [1.54, 1.807) is 0 Å². The molecule has 0 aliphatic carbocycles. The van der Waals surface area contributed by atoms with Crippen molar-refractivity contribution in [1.29, 1.82) is 0 Å². The molecule has 0 fully saturated rings. The molecule has 0 aliphatic heterocycles. The Morgan fingerprint density at radius 2 is 0.526 bits per heavy atom. The van der Waals surface area contributed by atoms with E-state index in [9.17, 15) is 43.2 Å². The van der Waals surface area contributed by atoms with Gasteiger partial charge in [-0.15, -0.1) is 0 Å². The third-order valence-electron chi connectivity index (χ3n) is 18.6. The molecule has 0 spiro atoms. The van der Waals surface area contributed by atoms with Crippen LogP contribution in [0, 0.1) is 11.8 Å². The Kier molecular flexibility index (Phi) is 68.4. The first-order valence-corrected chi connectivity index (χ1v) is 43.5. The summed E-state index contributed by atoms with van der Waals surface area (Å²) in [6.45, 7) is 9.61. The van der Waals surface area contributed by atoms with Gasteiger partial charge in [0.15, 0.2) is 12.2 Å². The van der Waals surface area contributed by atoms with Crippen molar-refractivity contribution in [1.82, 2.24) is 0 Å². The third-order valence-corrected chi connectivity index (χ3v) is 20.5. The molecule has 3 N–H and O–H groups in total. The van der Waals surface area contributed by atoms with Gasteiger partial charge < -0.3 is 33.8 Å². The number of rotatable bonds is 77. The summed E-state index contributed by atoms with van der Waals surface area (Å²) in [6, 6.07) is 0. The fourth-order valence-electron chi connectivity index (χ4n) is 12.0. The molecule has 0 saturated carbocycles. The average molecular weight is 1420 g/mol. The van der Waals surface area contributed by atoms with Crippen molar-refractivity contribution in [2.24, 2.45) is 11.8 Å². The summed E-state index contributed by atoms with van der Waals surface area (Å²) in [5.74, 6) is -0.582. The molecular formula is C78H152O17P2. The van der Waals surface area contributed by atoms with Crippen molar-refractivity contribution >= 4 is 39.5 Å². The Bertz CT molecular complexity index is 1870. The average Bonchev–Trinajstić information content (AvgIpc) is 1.22. The molecule has 0 amide bonds. The van der Waals surface area contributed by atoms with E-state index in [0.717, 1.165) is 102 Å². The molecule has 0 rings (SSSR count). The molecule has 0 aromatic rings. The van der Waals surface area contributed by atoms with Crippen LogP contribution in [-0.4, -0.2) is 96.7 Å². The van der Waals surface area contributed by atoms with Gasteiger partial charge in [0.25, 0.3) is 0 Å². The third kappa shape index (κ3) is 70.9. The van der Waals surface area contributed by atoms with Gasteiger partial charge in [0, 0.05) is 25.7 Å². The lowest BCUT2D eigenvalue weighted by molar-refractivity contribution is -0.161. The number of unbranched alkanes of at least 4 members (excludes halogenated alkanes) is 46. The van der Waals surface area contributed by atoms with Gasteiger partial charge in [-0.2, -0.15) is 0 Å². The predicted octanol–water partition coefficient (Wildman–Crippen LogP) is 23.1. The Balaban J connectivity index is 5.27. The van der Waals surface area contributed by atoms with Gasteiger partial charge in [-0.05, 0) is 37.5 Å². The highest BCUT2D eigenvalue weighted by Crippen LogP contribution is 2.45. The Labute approximate surface area is 594 Å². The van der Waals surface area contributed by atoms with Crippen LogP contribution >= 0.6 is 15.6 Å². The fourth-order valence-corrected chi connectivity index (χ4v) is 13.6. The molecule has 6 atom stereocenters. The maximum absolute atomic E-state index is 13.1. The first-order chi connectivity index (χ1) is 46.9. The summed E-state index contributed by atoms with van der Waals surface area (Å²) in [7, 11) is -9.92. The van der Waals surface area contributed by atoms with Gasteiger partial charge >= 0.3 is 39.5 Å². The van der Waals surface area contributed by atoms with Gasteiger partial charge in [-0.1, -0.05) is 356 Å². The van der Waals surface area contributed by atoms with Crippen molar-refractivity contribution in [2.45, 2.75) is 426 Å². The largest absolute Gasteiger partial charge is 0.472 e. The molecule has 19 heteroatoms. The van der Waals surface area contributed by atoms with E-state index < -0.39 is 97.5 Å². The van der Waals surface area contributed by atoms with Crippen LogP contribution in [0.5, 0.6) is 0 Å². The first kappa shape index (κ1) is 95.1. The molecule has 0 aromatic heterocycles. The van der Waals surface area contributed by atoms with Gasteiger partial charge in [0.2, 0.25) is 0 Å². The summed E-state index contributed by atoms with van der Waals surface area (Å²) >= 11 is 0. The van der Waals surface area contributed by atoms with Crippen LogP contribution in [0.4, 0.5) is 0 Å². The molecular weight excluding hydrogens is 1270 g/mol. The van der Waals surface area contributed by atoms with Crippen LogP contribution in [0.2, 0.25) is 0 Å². The lowest BCUT2D eigenvalue weighted by Gasteiger charge is -2.21. The maximum Gasteiger partial charge on any atom is 0.472 e. The van der Waals surface area contributed by atoms with Crippen LogP contribution < -0.4 is 0 Å². The first-order valence-electron chi connectivity index (χ1n) is 40.5. The second kappa shape index (κ2) is 69.8. The number of aliphatic hydroxyl groups is 1. The van der Waals surface area contributed by atoms with E-state index in [2.05, 4.69) is 41.5 Å². The fraction of sp³-hybridized carbons (Fsp3) is 0.949. The number of hydrogen-bond donors (Lipinski definition) is 3. The molecule has 0 bridgehead atoms. The van der Waals surface area contributed by atoms with Crippen molar-refractivity contribution in [3.05, 3.63) is 0 Å². The number of phosphoric acid groups is 2. The predicted molar refractivity (Wildman–Crippen MR) is 395 cm³/mol. The number of ether oxygens (including phenoxy) is 4. The number of hydrogen-bond acceptors (Lipinski definition) is 15. The quantitative estimate of drug-likeness (QED) is 0.0222. The van der Waals surface area contributed by atoms with E-state index in [4.69, 9.17) is 37.0 Å². The lowest BCUT2D eigenvalue weighted by atomic mass is 9.99. The summed E-state index contributed by atoms with van der Waals surface area (Å²) in [4.78, 5) is 72.9. The highest BCUT2D eigenvalue weighted by Gasteiger charge is 2.30. The summed E-state index contributed by atoms with van der Waals surface area (Å²) < 4.78 is 68.6. The van der Waals surface area contributed by atoms with E-state index in [1.807, 2.05) is 0 Å². The highest BCUT2D eigenvalue weighted by atomic mass is 31.2. The Hall–Kier alpha value is -1.94.